The normalized spacial score (nSPS) is 11.3. The lowest BCUT2D eigenvalue weighted by molar-refractivity contribution is 0.591. The van der Waals surface area contributed by atoms with Gasteiger partial charge < -0.3 is 4.90 Å². The molecule has 0 bridgehead atoms. The number of hydrogen-bond donors (Lipinski definition) is 0. The summed E-state index contributed by atoms with van der Waals surface area (Å²) in [5, 5.41) is 0. The van der Waals surface area contributed by atoms with Crippen LogP contribution in [0.2, 0.25) is 0 Å². The van der Waals surface area contributed by atoms with Gasteiger partial charge in [0.2, 0.25) is 0 Å². The second kappa shape index (κ2) is 13.5. The molecule has 7 rings (SSSR count). The third-order valence-electron chi connectivity index (χ3n) is 8.83. The third kappa shape index (κ3) is 6.63. The molecular weight excluding hydrogens is 646 g/mol. The van der Waals surface area contributed by atoms with E-state index in [4.69, 9.17) is 0 Å². The molecule has 1 nitrogen and oxygen atoms in total. The second-order valence-corrected chi connectivity index (χ2v) is 14.1. The summed E-state index contributed by atoms with van der Waals surface area (Å²) in [6, 6.07) is 63.4. The third-order valence-corrected chi connectivity index (χ3v) is 9.29. The molecule has 0 aromatic heterocycles. The number of halogens is 1. The molecule has 7 aromatic carbocycles. The largest absolute Gasteiger partial charge is 0.309 e. The van der Waals surface area contributed by atoms with Crippen molar-refractivity contribution >= 4 is 33.0 Å². The summed E-state index contributed by atoms with van der Waals surface area (Å²) in [5.41, 5.74) is 14.0. The van der Waals surface area contributed by atoms with Gasteiger partial charge in [0.05, 0.1) is 5.69 Å². The van der Waals surface area contributed by atoms with E-state index >= 15 is 0 Å². The fourth-order valence-electron chi connectivity index (χ4n) is 6.35. The first kappa shape index (κ1) is 31.4. The van der Waals surface area contributed by atoms with Gasteiger partial charge in [-0.1, -0.05) is 170 Å². The van der Waals surface area contributed by atoms with E-state index in [0.717, 1.165) is 27.1 Å². The molecule has 0 saturated heterocycles. The second-order valence-electron chi connectivity index (χ2n) is 13.2. The van der Waals surface area contributed by atoms with Gasteiger partial charge >= 0.3 is 0 Å². The molecule has 0 aliphatic heterocycles. The van der Waals surface area contributed by atoms with Crippen molar-refractivity contribution in [1.29, 1.82) is 0 Å². The number of hydrogen-bond acceptors (Lipinski definition) is 1. The SMILES string of the molecule is CC(C)(C)c1cc(-c2ccccc2)c(N(c2cccc(-c3ccccc3)c2)c2cc(Br)cc(-c3ccccc3)c2)c(-c2ccccc2)c1. The van der Waals surface area contributed by atoms with E-state index in [1.807, 2.05) is 0 Å². The highest BCUT2D eigenvalue weighted by atomic mass is 79.9. The summed E-state index contributed by atoms with van der Waals surface area (Å²) in [6.45, 7) is 6.90. The zero-order valence-electron chi connectivity index (χ0n) is 27.6. The molecular formula is C46H38BrN. The van der Waals surface area contributed by atoms with Crippen LogP contribution in [0.25, 0.3) is 44.5 Å². The Morgan fingerprint density at radius 1 is 0.396 bits per heavy atom. The Morgan fingerprint density at radius 3 is 1.33 bits per heavy atom. The Hall–Kier alpha value is -5.18. The fourth-order valence-corrected chi connectivity index (χ4v) is 6.83. The van der Waals surface area contributed by atoms with Crippen molar-refractivity contribution in [2.45, 2.75) is 26.2 Å². The molecule has 0 aliphatic rings. The van der Waals surface area contributed by atoms with Gasteiger partial charge in [0, 0.05) is 27.0 Å². The summed E-state index contributed by atoms with van der Waals surface area (Å²) in [4.78, 5) is 2.46. The minimum Gasteiger partial charge on any atom is -0.309 e. The molecule has 0 saturated carbocycles. The Labute approximate surface area is 293 Å². The topological polar surface area (TPSA) is 3.24 Å². The smallest absolute Gasteiger partial charge is 0.0618 e. The van der Waals surface area contributed by atoms with E-state index < -0.39 is 0 Å². The summed E-state index contributed by atoms with van der Waals surface area (Å²) in [6.07, 6.45) is 0. The van der Waals surface area contributed by atoms with Crippen molar-refractivity contribution in [3.05, 3.63) is 186 Å². The van der Waals surface area contributed by atoms with Gasteiger partial charge in [0.1, 0.15) is 0 Å². The maximum Gasteiger partial charge on any atom is 0.0618 e. The molecule has 0 radical (unpaired) electrons. The Morgan fingerprint density at radius 2 is 0.833 bits per heavy atom. The number of nitrogens with zero attached hydrogens (tertiary/aromatic N) is 1. The van der Waals surface area contributed by atoms with Crippen LogP contribution in [0.4, 0.5) is 17.1 Å². The van der Waals surface area contributed by atoms with Crippen LogP contribution in [0.1, 0.15) is 26.3 Å². The first-order valence-electron chi connectivity index (χ1n) is 16.5. The molecule has 234 valence electrons. The molecule has 0 fully saturated rings. The number of anilines is 3. The standard InChI is InChI=1S/C46H38BrN/c1-46(2,3)39-30-43(35-21-12-6-13-22-35)45(44(31-39)36-23-14-7-15-24-36)48(41-26-16-25-37(28-41)33-17-8-4-9-18-33)42-29-38(27-40(47)32-42)34-19-10-5-11-20-34/h4-32H,1-3H3. The summed E-state index contributed by atoms with van der Waals surface area (Å²) < 4.78 is 1.02. The van der Waals surface area contributed by atoms with Crippen molar-refractivity contribution in [1.82, 2.24) is 0 Å². The van der Waals surface area contributed by atoms with E-state index in [1.165, 1.54) is 44.5 Å². The van der Waals surface area contributed by atoms with Gasteiger partial charge in [-0.05, 0) is 86.8 Å². The molecule has 2 heteroatoms. The first-order valence-corrected chi connectivity index (χ1v) is 17.3. The average molecular weight is 685 g/mol. The van der Waals surface area contributed by atoms with Crippen molar-refractivity contribution in [3.8, 4) is 44.5 Å². The maximum atomic E-state index is 3.91. The monoisotopic (exact) mass is 683 g/mol. The zero-order chi connectivity index (χ0) is 33.1. The van der Waals surface area contributed by atoms with Crippen LogP contribution in [-0.4, -0.2) is 0 Å². The van der Waals surface area contributed by atoms with Gasteiger partial charge in [0.15, 0.2) is 0 Å². The summed E-state index contributed by atoms with van der Waals surface area (Å²) in [7, 11) is 0. The molecule has 0 heterocycles. The van der Waals surface area contributed by atoms with Crippen LogP contribution in [-0.2, 0) is 5.41 Å². The molecule has 0 aliphatic carbocycles. The number of rotatable bonds is 7. The lowest BCUT2D eigenvalue weighted by atomic mass is 9.82. The summed E-state index contributed by atoms with van der Waals surface area (Å²) >= 11 is 3.91. The van der Waals surface area contributed by atoms with Crippen molar-refractivity contribution < 1.29 is 0 Å². The number of benzene rings is 7. The maximum absolute atomic E-state index is 3.91. The van der Waals surface area contributed by atoms with E-state index in [9.17, 15) is 0 Å². The highest BCUT2D eigenvalue weighted by Gasteiger charge is 2.26. The van der Waals surface area contributed by atoms with Crippen LogP contribution in [0, 0.1) is 0 Å². The summed E-state index contributed by atoms with van der Waals surface area (Å²) in [5.74, 6) is 0. The quantitative estimate of drug-likeness (QED) is 0.162. The minimum atomic E-state index is -0.0557. The van der Waals surface area contributed by atoms with E-state index in [0.29, 0.717) is 0 Å². The van der Waals surface area contributed by atoms with Crippen LogP contribution < -0.4 is 4.90 Å². The average Bonchev–Trinajstić information content (AvgIpc) is 3.13. The molecule has 0 spiro atoms. The first-order chi connectivity index (χ1) is 23.3. The lowest BCUT2D eigenvalue weighted by Crippen LogP contribution is -2.16. The van der Waals surface area contributed by atoms with Gasteiger partial charge in [-0.2, -0.15) is 0 Å². The van der Waals surface area contributed by atoms with Gasteiger partial charge in [-0.15, -0.1) is 0 Å². The van der Waals surface area contributed by atoms with E-state index in [-0.39, 0.29) is 5.41 Å². The van der Waals surface area contributed by atoms with Crippen molar-refractivity contribution in [2.75, 3.05) is 4.90 Å². The highest BCUT2D eigenvalue weighted by molar-refractivity contribution is 9.10. The lowest BCUT2D eigenvalue weighted by Gasteiger charge is -2.33. The van der Waals surface area contributed by atoms with Crippen molar-refractivity contribution in [3.63, 3.8) is 0 Å². The molecule has 48 heavy (non-hydrogen) atoms. The van der Waals surface area contributed by atoms with Crippen molar-refractivity contribution in [2.24, 2.45) is 0 Å². The van der Waals surface area contributed by atoms with Crippen LogP contribution in [0.5, 0.6) is 0 Å². The Bertz CT molecular complexity index is 2090. The molecule has 0 atom stereocenters. The Balaban J connectivity index is 1.60. The van der Waals surface area contributed by atoms with Gasteiger partial charge in [-0.3, -0.25) is 0 Å². The van der Waals surface area contributed by atoms with Crippen LogP contribution >= 0.6 is 15.9 Å². The van der Waals surface area contributed by atoms with E-state index in [1.54, 1.807) is 0 Å². The van der Waals surface area contributed by atoms with Gasteiger partial charge in [0.25, 0.3) is 0 Å². The fraction of sp³-hybridized carbons (Fsp3) is 0.0870. The molecule has 0 N–H and O–H groups in total. The predicted molar refractivity (Wildman–Crippen MR) is 209 cm³/mol. The Kier molecular flexibility index (Phi) is 8.84. The molecule has 7 aromatic rings. The van der Waals surface area contributed by atoms with E-state index in [2.05, 4.69) is 218 Å². The molecule has 0 amide bonds. The van der Waals surface area contributed by atoms with Gasteiger partial charge in [-0.25, -0.2) is 0 Å². The van der Waals surface area contributed by atoms with Crippen LogP contribution in [0.3, 0.4) is 0 Å². The highest BCUT2D eigenvalue weighted by Crippen LogP contribution is 2.50. The zero-order valence-corrected chi connectivity index (χ0v) is 29.2. The predicted octanol–water partition coefficient (Wildman–Crippen LogP) is 13.9. The minimum absolute atomic E-state index is 0.0557. The van der Waals surface area contributed by atoms with Crippen LogP contribution in [0.15, 0.2) is 180 Å². The molecule has 0 unspecified atom stereocenters.